The predicted octanol–water partition coefficient (Wildman–Crippen LogP) is 6.51. The van der Waals surface area contributed by atoms with Crippen molar-refractivity contribution in [2.75, 3.05) is 6.54 Å². The lowest BCUT2D eigenvalue weighted by Crippen LogP contribution is -2.48. The Balaban J connectivity index is 1.67. The van der Waals surface area contributed by atoms with E-state index < -0.39 is 30.6 Å². The average Bonchev–Trinajstić information content (AvgIpc) is 2.91. The molecule has 0 bridgehead atoms. The summed E-state index contributed by atoms with van der Waals surface area (Å²) >= 11 is 30.4. The van der Waals surface area contributed by atoms with Crippen molar-refractivity contribution >= 4 is 76.0 Å². The third-order valence-electron chi connectivity index (χ3n) is 4.88. The molecule has 2 amide bonds. The molecule has 1 atom stereocenters. The lowest BCUT2D eigenvalue weighted by Gasteiger charge is -2.19. The van der Waals surface area contributed by atoms with Gasteiger partial charge in [0.2, 0.25) is 5.91 Å². The summed E-state index contributed by atoms with van der Waals surface area (Å²) in [7, 11) is 0. The molecule has 0 unspecified atom stereocenters. The molecule has 37 heavy (non-hydrogen) atoms. The zero-order chi connectivity index (χ0) is 26.9. The van der Waals surface area contributed by atoms with Crippen molar-refractivity contribution in [2.24, 2.45) is 0 Å². The van der Waals surface area contributed by atoms with Crippen LogP contribution in [-0.2, 0) is 27.4 Å². The van der Waals surface area contributed by atoms with Crippen LogP contribution >= 0.6 is 58.0 Å². The van der Waals surface area contributed by atoms with Gasteiger partial charge in [0.1, 0.15) is 29.2 Å². The maximum Gasteiger partial charge on any atom is 0.407 e. The molecule has 0 fully saturated rings. The van der Waals surface area contributed by atoms with E-state index in [0.29, 0.717) is 0 Å². The van der Waals surface area contributed by atoms with Crippen molar-refractivity contribution in [2.45, 2.75) is 19.1 Å². The normalized spacial score (nSPS) is 11.4. The molecule has 3 aromatic carbocycles. The van der Waals surface area contributed by atoms with Crippen molar-refractivity contribution in [1.29, 1.82) is 0 Å². The van der Waals surface area contributed by atoms with Gasteiger partial charge in [0, 0.05) is 6.42 Å². The number of nitrogens with one attached hydrogen (secondary N) is 2. The molecule has 2 N–H and O–H groups in total. The number of ether oxygens (including phenoxy) is 2. The van der Waals surface area contributed by atoms with Crippen molar-refractivity contribution in [3.8, 4) is 5.75 Å². The summed E-state index contributed by atoms with van der Waals surface area (Å²) < 4.78 is 10.5. The lowest BCUT2D eigenvalue weighted by molar-refractivity contribution is -0.139. The molecular weight excluding hydrogens is 586 g/mol. The quantitative estimate of drug-likeness (QED) is 0.126. The summed E-state index contributed by atoms with van der Waals surface area (Å²) in [4.78, 5) is 37.6. The van der Waals surface area contributed by atoms with E-state index in [2.05, 4.69) is 10.6 Å². The van der Waals surface area contributed by atoms with E-state index >= 15 is 0 Å². The van der Waals surface area contributed by atoms with Crippen LogP contribution in [0.2, 0.25) is 25.1 Å². The molecule has 0 radical (unpaired) electrons. The van der Waals surface area contributed by atoms with E-state index in [-0.39, 0.29) is 43.9 Å². The van der Waals surface area contributed by atoms with Crippen molar-refractivity contribution in [3.05, 3.63) is 96.9 Å². The van der Waals surface area contributed by atoms with Crippen molar-refractivity contribution in [3.63, 3.8) is 0 Å². The first-order valence-electron chi connectivity index (χ1n) is 10.7. The summed E-state index contributed by atoms with van der Waals surface area (Å²) in [6.07, 6.45) is -0.737. The van der Waals surface area contributed by atoms with Gasteiger partial charge >= 0.3 is 12.1 Å². The minimum Gasteiger partial charge on any atom is -0.445 e. The fraction of sp³-hybridized carbons (Fsp3) is 0.160. The molecule has 0 saturated heterocycles. The fourth-order valence-electron chi connectivity index (χ4n) is 3.06. The average molecular weight is 605 g/mol. The number of halogens is 5. The van der Waals surface area contributed by atoms with E-state index in [0.717, 1.165) is 11.1 Å². The molecule has 3 aromatic rings. The Morgan fingerprint density at radius 3 is 1.81 bits per heavy atom. The van der Waals surface area contributed by atoms with Crippen LogP contribution in [0.25, 0.3) is 0 Å². The van der Waals surface area contributed by atoms with Crippen LogP contribution in [0.15, 0.2) is 60.7 Å². The Kier molecular flexibility index (Phi) is 10.7. The van der Waals surface area contributed by atoms with Crippen LogP contribution in [-0.4, -0.2) is 30.6 Å². The van der Waals surface area contributed by atoms with Crippen molar-refractivity contribution < 1.29 is 23.9 Å². The summed E-state index contributed by atoms with van der Waals surface area (Å²) in [5.74, 6) is -1.87. The number of hydrogen-bond acceptors (Lipinski definition) is 5. The van der Waals surface area contributed by atoms with E-state index in [4.69, 9.17) is 67.5 Å². The number of benzene rings is 3. The van der Waals surface area contributed by atoms with Gasteiger partial charge in [0.05, 0.1) is 15.1 Å². The Hall–Kier alpha value is -2.68. The Labute approximate surface area is 237 Å². The summed E-state index contributed by atoms with van der Waals surface area (Å²) in [6, 6.07) is 16.7. The second kappa shape index (κ2) is 13.7. The molecule has 194 valence electrons. The molecule has 0 heterocycles. The smallest absolute Gasteiger partial charge is 0.407 e. The second-order valence-corrected chi connectivity index (χ2v) is 9.44. The molecule has 0 spiro atoms. The maximum atomic E-state index is 13.1. The summed E-state index contributed by atoms with van der Waals surface area (Å²) in [6.45, 7) is -0.419. The van der Waals surface area contributed by atoms with Crippen LogP contribution in [0, 0.1) is 0 Å². The molecule has 0 aliphatic heterocycles. The van der Waals surface area contributed by atoms with Gasteiger partial charge in [-0.05, 0) is 11.1 Å². The molecule has 0 aromatic heterocycles. The minimum absolute atomic E-state index is 0.0327. The SMILES string of the molecule is O=C(CNC(=O)OCc1ccccc1)N[C@H](Cc1ccccc1)C(=O)Oc1c(Cl)c(Cl)c(Cl)c(Cl)c1Cl. The van der Waals surface area contributed by atoms with Gasteiger partial charge in [-0.1, -0.05) is 119 Å². The fourth-order valence-corrected chi connectivity index (χ4v) is 4.26. The Bertz CT molecular complexity index is 1250. The van der Waals surface area contributed by atoms with Crippen LogP contribution in [0.1, 0.15) is 11.1 Å². The van der Waals surface area contributed by atoms with Crippen LogP contribution in [0.5, 0.6) is 5.75 Å². The van der Waals surface area contributed by atoms with Gasteiger partial charge in [0.15, 0.2) is 5.75 Å². The molecular formula is C25H19Cl5N2O5. The Morgan fingerprint density at radius 1 is 0.730 bits per heavy atom. The third-order valence-corrected chi connectivity index (χ3v) is 7.12. The third kappa shape index (κ3) is 8.15. The first kappa shape index (κ1) is 28.9. The van der Waals surface area contributed by atoms with Crippen LogP contribution < -0.4 is 15.4 Å². The van der Waals surface area contributed by atoms with Gasteiger partial charge in [-0.25, -0.2) is 9.59 Å². The number of alkyl carbamates (subject to hydrolysis) is 1. The standard InChI is InChI=1S/C25H19Cl5N2O5/c26-18-19(27)21(29)23(22(30)20(18)28)37-24(34)16(11-14-7-3-1-4-8-14)32-17(33)12-31-25(35)36-13-15-9-5-2-6-10-15/h1-10,16H,11-13H2,(H,31,35)(H,32,33)/t16-/m1/s1. The van der Waals surface area contributed by atoms with Crippen LogP contribution in [0.4, 0.5) is 4.79 Å². The van der Waals surface area contributed by atoms with E-state index in [1.54, 1.807) is 42.5 Å². The van der Waals surface area contributed by atoms with Gasteiger partial charge in [-0.15, -0.1) is 0 Å². The van der Waals surface area contributed by atoms with Crippen molar-refractivity contribution in [1.82, 2.24) is 10.6 Å². The van der Waals surface area contributed by atoms with Gasteiger partial charge in [-0.2, -0.15) is 0 Å². The zero-order valence-electron chi connectivity index (χ0n) is 18.9. The van der Waals surface area contributed by atoms with Crippen LogP contribution in [0.3, 0.4) is 0 Å². The van der Waals surface area contributed by atoms with E-state index in [1.165, 1.54) is 0 Å². The first-order valence-corrected chi connectivity index (χ1v) is 12.6. The highest BCUT2D eigenvalue weighted by Crippen LogP contribution is 2.48. The monoisotopic (exact) mass is 602 g/mol. The summed E-state index contributed by atoms with van der Waals surface area (Å²) in [5, 5.41) is 4.02. The number of amides is 2. The van der Waals surface area contributed by atoms with E-state index in [9.17, 15) is 14.4 Å². The largest absolute Gasteiger partial charge is 0.445 e. The minimum atomic E-state index is -1.18. The number of carbonyl (C=O) groups excluding carboxylic acids is 3. The Morgan fingerprint density at radius 2 is 1.24 bits per heavy atom. The molecule has 0 aliphatic carbocycles. The van der Waals surface area contributed by atoms with E-state index in [1.807, 2.05) is 18.2 Å². The molecule has 12 heteroatoms. The molecule has 0 saturated carbocycles. The molecule has 0 aliphatic rings. The highest BCUT2D eigenvalue weighted by atomic mass is 35.5. The lowest BCUT2D eigenvalue weighted by atomic mass is 10.1. The number of esters is 1. The molecule has 3 rings (SSSR count). The number of rotatable bonds is 9. The highest BCUT2D eigenvalue weighted by Gasteiger charge is 2.28. The highest BCUT2D eigenvalue weighted by molar-refractivity contribution is 6.55. The number of hydrogen-bond donors (Lipinski definition) is 2. The van der Waals surface area contributed by atoms with Gasteiger partial charge in [-0.3, -0.25) is 4.79 Å². The van der Waals surface area contributed by atoms with Gasteiger partial charge < -0.3 is 20.1 Å². The second-order valence-electron chi connectivity index (χ2n) is 7.55. The first-order chi connectivity index (χ1) is 17.7. The summed E-state index contributed by atoms with van der Waals surface area (Å²) in [5.41, 5.74) is 1.51. The predicted molar refractivity (Wildman–Crippen MR) is 144 cm³/mol. The van der Waals surface area contributed by atoms with Gasteiger partial charge in [0.25, 0.3) is 0 Å². The topological polar surface area (TPSA) is 93.7 Å². The number of carbonyl (C=O) groups is 3. The molecule has 7 nitrogen and oxygen atoms in total. The zero-order valence-corrected chi connectivity index (χ0v) is 22.7. The maximum absolute atomic E-state index is 13.1.